The van der Waals surface area contributed by atoms with Gasteiger partial charge in [0, 0.05) is 0 Å². The lowest BCUT2D eigenvalue weighted by Gasteiger charge is -2.19. The van der Waals surface area contributed by atoms with Crippen molar-refractivity contribution in [3.05, 3.63) is 11.9 Å². The van der Waals surface area contributed by atoms with Crippen LogP contribution in [0.2, 0.25) is 0 Å². The zero-order valence-corrected chi connectivity index (χ0v) is 9.14. The fraction of sp³-hybridized carbons (Fsp3) is 0.778. The Morgan fingerprint density at radius 2 is 2.23 bits per heavy atom. The van der Waals surface area contributed by atoms with Gasteiger partial charge in [-0.05, 0) is 18.3 Å². The van der Waals surface area contributed by atoms with Crippen LogP contribution in [0.5, 0.6) is 0 Å². The van der Waals surface area contributed by atoms with Gasteiger partial charge in [-0.3, -0.25) is 0 Å². The standard InChI is InChI=1S/C9H16N2OS/c1-9(2,3)5-4-8(12)7-6-10-13-11-7/h6,8,12H,4-5H2,1-3H3. The molecule has 0 saturated heterocycles. The second-order valence-corrected chi connectivity index (χ2v) is 5.00. The zero-order valence-electron chi connectivity index (χ0n) is 8.32. The molecule has 0 aliphatic carbocycles. The molecule has 0 saturated carbocycles. The Balaban J connectivity index is 2.39. The largest absolute Gasteiger partial charge is 0.387 e. The van der Waals surface area contributed by atoms with E-state index in [1.807, 2.05) is 0 Å². The maximum Gasteiger partial charge on any atom is 0.103 e. The van der Waals surface area contributed by atoms with E-state index in [2.05, 4.69) is 29.5 Å². The number of nitrogens with zero attached hydrogens (tertiary/aromatic N) is 2. The molecule has 13 heavy (non-hydrogen) atoms. The minimum Gasteiger partial charge on any atom is -0.387 e. The molecule has 1 heterocycles. The molecule has 0 amide bonds. The highest BCUT2D eigenvalue weighted by Crippen LogP contribution is 2.26. The molecule has 1 unspecified atom stereocenters. The van der Waals surface area contributed by atoms with E-state index in [-0.39, 0.29) is 5.41 Å². The summed E-state index contributed by atoms with van der Waals surface area (Å²) in [7, 11) is 0. The summed E-state index contributed by atoms with van der Waals surface area (Å²) >= 11 is 1.14. The smallest absolute Gasteiger partial charge is 0.103 e. The maximum atomic E-state index is 9.68. The minimum absolute atomic E-state index is 0.268. The average Bonchev–Trinajstić information content (AvgIpc) is 2.50. The van der Waals surface area contributed by atoms with Crippen LogP contribution in [0.4, 0.5) is 0 Å². The third-order valence-electron chi connectivity index (χ3n) is 1.89. The first-order valence-electron chi connectivity index (χ1n) is 4.44. The molecule has 4 heteroatoms. The number of rotatable bonds is 3. The molecule has 1 atom stereocenters. The molecule has 0 fully saturated rings. The van der Waals surface area contributed by atoms with Crippen molar-refractivity contribution in [3.63, 3.8) is 0 Å². The second-order valence-electron chi connectivity index (χ2n) is 4.45. The van der Waals surface area contributed by atoms with Crippen molar-refractivity contribution >= 4 is 11.7 Å². The van der Waals surface area contributed by atoms with Gasteiger partial charge in [0.15, 0.2) is 0 Å². The van der Waals surface area contributed by atoms with Gasteiger partial charge in [-0.2, -0.15) is 8.75 Å². The van der Waals surface area contributed by atoms with Gasteiger partial charge in [-0.15, -0.1) is 0 Å². The van der Waals surface area contributed by atoms with Crippen molar-refractivity contribution in [2.24, 2.45) is 5.41 Å². The first-order valence-corrected chi connectivity index (χ1v) is 5.17. The predicted molar refractivity (Wildman–Crippen MR) is 53.6 cm³/mol. The van der Waals surface area contributed by atoms with E-state index in [4.69, 9.17) is 0 Å². The van der Waals surface area contributed by atoms with E-state index in [1.54, 1.807) is 6.20 Å². The molecule has 0 aromatic carbocycles. The molecule has 0 radical (unpaired) electrons. The van der Waals surface area contributed by atoms with Crippen molar-refractivity contribution in [2.45, 2.75) is 39.7 Å². The Morgan fingerprint density at radius 3 is 2.69 bits per heavy atom. The van der Waals surface area contributed by atoms with E-state index in [0.717, 1.165) is 24.6 Å². The molecule has 0 aliphatic rings. The Labute approximate surface area is 83.1 Å². The highest BCUT2D eigenvalue weighted by molar-refractivity contribution is 6.99. The van der Waals surface area contributed by atoms with Gasteiger partial charge in [0.05, 0.1) is 24.0 Å². The second kappa shape index (κ2) is 4.15. The highest BCUT2D eigenvalue weighted by Gasteiger charge is 2.16. The van der Waals surface area contributed by atoms with Crippen LogP contribution in [0.1, 0.15) is 45.4 Å². The topological polar surface area (TPSA) is 46.0 Å². The Kier molecular flexibility index (Phi) is 3.39. The number of hydrogen-bond acceptors (Lipinski definition) is 4. The minimum atomic E-state index is -0.446. The Bertz CT molecular complexity index is 241. The summed E-state index contributed by atoms with van der Waals surface area (Å²) in [5.74, 6) is 0. The SMILES string of the molecule is CC(C)(C)CCC(O)c1cnsn1. The molecule has 0 bridgehead atoms. The summed E-state index contributed by atoms with van der Waals surface area (Å²) in [6.45, 7) is 6.50. The summed E-state index contributed by atoms with van der Waals surface area (Å²) in [6.07, 6.45) is 2.94. The summed E-state index contributed by atoms with van der Waals surface area (Å²) in [5.41, 5.74) is 0.971. The molecule has 1 aromatic heterocycles. The van der Waals surface area contributed by atoms with Crippen LogP contribution in [-0.2, 0) is 0 Å². The molecule has 1 rings (SSSR count). The molecular formula is C9H16N2OS. The van der Waals surface area contributed by atoms with Gasteiger partial charge in [0.2, 0.25) is 0 Å². The summed E-state index contributed by atoms with van der Waals surface area (Å²) < 4.78 is 7.86. The summed E-state index contributed by atoms with van der Waals surface area (Å²) in [4.78, 5) is 0. The number of aliphatic hydroxyl groups is 1. The van der Waals surface area contributed by atoms with E-state index in [1.165, 1.54) is 0 Å². The summed E-state index contributed by atoms with van der Waals surface area (Å²) in [6, 6.07) is 0. The normalized spacial score (nSPS) is 14.5. The molecule has 0 aliphatic heterocycles. The van der Waals surface area contributed by atoms with Crippen molar-refractivity contribution in [1.29, 1.82) is 0 Å². The van der Waals surface area contributed by atoms with Crippen molar-refractivity contribution in [3.8, 4) is 0 Å². The number of aromatic nitrogens is 2. The van der Waals surface area contributed by atoms with Crippen LogP contribution in [0.3, 0.4) is 0 Å². The van der Waals surface area contributed by atoms with Crippen molar-refractivity contribution in [1.82, 2.24) is 8.75 Å². The molecule has 74 valence electrons. The van der Waals surface area contributed by atoms with E-state index < -0.39 is 6.10 Å². The fourth-order valence-electron chi connectivity index (χ4n) is 1.04. The van der Waals surface area contributed by atoms with Crippen molar-refractivity contribution < 1.29 is 5.11 Å². The lowest BCUT2D eigenvalue weighted by molar-refractivity contribution is 0.144. The number of hydrogen-bond donors (Lipinski definition) is 1. The Morgan fingerprint density at radius 1 is 1.54 bits per heavy atom. The lowest BCUT2D eigenvalue weighted by atomic mass is 9.89. The first kappa shape index (κ1) is 10.6. The summed E-state index contributed by atoms with van der Waals surface area (Å²) in [5, 5.41) is 9.68. The monoisotopic (exact) mass is 200 g/mol. The van der Waals surface area contributed by atoms with Crippen LogP contribution in [0.15, 0.2) is 6.20 Å². The fourth-order valence-corrected chi connectivity index (χ4v) is 1.50. The molecule has 1 N–H and O–H groups in total. The molecular weight excluding hydrogens is 184 g/mol. The predicted octanol–water partition coefficient (Wildman–Crippen LogP) is 2.40. The van der Waals surface area contributed by atoms with Gasteiger partial charge in [-0.1, -0.05) is 20.8 Å². The van der Waals surface area contributed by atoms with Gasteiger partial charge >= 0.3 is 0 Å². The van der Waals surface area contributed by atoms with Gasteiger partial charge in [0.1, 0.15) is 5.69 Å². The first-order chi connectivity index (χ1) is 5.99. The van der Waals surface area contributed by atoms with E-state index in [0.29, 0.717) is 5.69 Å². The Hall–Kier alpha value is -0.480. The third kappa shape index (κ3) is 3.83. The van der Waals surface area contributed by atoms with Crippen LogP contribution in [-0.4, -0.2) is 13.9 Å². The lowest BCUT2D eigenvalue weighted by Crippen LogP contribution is -2.08. The van der Waals surface area contributed by atoms with Gasteiger partial charge in [-0.25, -0.2) is 0 Å². The molecule has 3 nitrogen and oxygen atoms in total. The third-order valence-corrected chi connectivity index (χ3v) is 2.38. The van der Waals surface area contributed by atoms with Gasteiger partial charge < -0.3 is 5.11 Å². The molecule has 1 aromatic rings. The zero-order chi connectivity index (χ0) is 9.90. The van der Waals surface area contributed by atoms with Gasteiger partial charge in [0.25, 0.3) is 0 Å². The van der Waals surface area contributed by atoms with Crippen LogP contribution in [0.25, 0.3) is 0 Å². The van der Waals surface area contributed by atoms with E-state index >= 15 is 0 Å². The molecule has 0 spiro atoms. The van der Waals surface area contributed by atoms with Crippen molar-refractivity contribution in [2.75, 3.05) is 0 Å². The quantitative estimate of drug-likeness (QED) is 0.815. The maximum absolute atomic E-state index is 9.68. The van der Waals surface area contributed by atoms with Crippen LogP contribution >= 0.6 is 11.7 Å². The van der Waals surface area contributed by atoms with Crippen LogP contribution < -0.4 is 0 Å². The average molecular weight is 200 g/mol. The van der Waals surface area contributed by atoms with E-state index in [9.17, 15) is 5.11 Å². The number of aliphatic hydroxyl groups excluding tert-OH is 1. The highest BCUT2D eigenvalue weighted by atomic mass is 32.1. The van der Waals surface area contributed by atoms with Crippen LogP contribution in [0, 0.1) is 5.41 Å².